The Morgan fingerprint density at radius 1 is 1.06 bits per heavy atom. The van der Waals surface area contributed by atoms with Crippen LogP contribution in [0.25, 0.3) is 0 Å². The Labute approximate surface area is 211 Å². The van der Waals surface area contributed by atoms with E-state index < -0.39 is 68.4 Å². The zero-order valence-electron chi connectivity index (χ0n) is 18.5. The summed E-state index contributed by atoms with van der Waals surface area (Å²) in [7, 11) is -1.91. The van der Waals surface area contributed by atoms with E-state index in [0.717, 1.165) is 38.6 Å². The summed E-state index contributed by atoms with van der Waals surface area (Å²) < 4.78 is 86.9. The number of hydrogen-bond acceptors (Lipinski definition) is 6. The Kier molecular flexibility index (Phi) is 8.50. The van der Waals surface area contributed by atoms with Crippen LogP contribution in [-0.4, -0.2) is 33.5 Å². The third kappa shape index (κ3) is 6.10. The number of hydrogen-bond donors (Lipinski definition) is 4. The smallest absolute Gasteiger partial charge is 0.300 e. The molecule has 0 fully saturated rings. The van der Waals surface area contributed by atoms with Gasteiger partial charge in [-0.15, -0.1) is 0 Å². The fraction of sp³-hybridized carbons (Fsp3) is 0.143. The number of rotatable bonds is 9. The third-order valence-corrected chi connectivity index (χ3v) is 6.25. The fourth-order valence-electron chi connectivity index (χ4n) is 3.06. The number of amides is 1. The summed E-state index contributed by atoms with van der Waals surface area (Å²) in [4.78, 5) is 20.7. The Balaban J connectivity index is 2.08. The number of carbonyl (C=O) groups excluding carboxylic acids is 1. The van der Waals surface area contributed by atoms with Gasteiger partial charge in [-0.05, 0) is 41.5 Å². The number of nitrogens with one attached hydrogen (secondary N) is 4. The number of carbonyl (C=O) groups is 1. The van der Waals surface area contributed by atoms with E-state index in [1.807, 2.05) is 14.9 Å². The first-order chi connectivity index (χ1) is 17.0. The number of nitrogens with zero attached hydrogens (tertiary/aromatic N) is 1. The maximum absolute atomic E-state index is 15.2. The molecule has 1 heterocycles. The molecule has 0 bridgehead atoms. The molecule has 0 saturated carbocycles. The minimum Gasteiger partial charge on any atom is -0.350 e. The standard InChI is InChI=1S/C21H18BrF4N5O4S/c1-27-36(33,34)31-20-17(25)10(5-6-28-20)7-11-8-13(21(32)30-35-2)19(18(26)16(11)24)29-15-4-3-12(22)9-14(15)23/h3-6,8-9,27,29H,7H2,1-2H3,(H,28,31)(H,30,32). The SMILES string of the molecule is CNS(=O)(=O)Nc1nccc(Cc2cc(C(=O)NOC)c(Nc3ccc(Br)cc3F)c(F)c2F)c1F. The highest BCUT2D eigenvalue weighted by atomic mass is 79.9. The topological polar surface area (TPSA) is 121 Å². The summed E-state index contributed by atoms with van der Waals surface area (Å²) in [5.41, 5.74) is -0.161. The molecule has 3 aromatic rings. The Bertz CT molecular complexity index is 1430. The van der Waals surface area contributed by atoms with Crippen LogP contribution in [0.2, 0.25) is 0 Å². The van der Waals surface area contributed by atoms with Crippen LogP contribution in [0.3, 0.4) is 0 Å². The van der Waals surface area contributed by atoms with Crippen LogP contribution in [0.1, 0.15) is 21.5 Å². The average molecular weight is 592 g/mol. The van der Waals surface area contributed by atoms with E-state index in [0.29, 0.717) is 4.47 Å². The van der Waals surface area contributed by atoms with Crippen molar-refractivity contribution in [1.29, 1.82) is 0 Å². The average Bonchev–Trinajstić information content (AvgIpc) is 2.82. The van der Waals surface area contributed by atoms with Gasteiger partial charge in [0.25, 0.3) is 16.1 Å². The molecule has 0 radical (unpaired) electrons. The van der Waals surface area contributed by atoms with Crippen molar-refractivity contribution < 1.29 is 35.6 Å². The van der Waals surface area contributed by atoms with E-state index in [9.17, 15) is 22.0 Å². The molecule has 0 saturated heterocycles. The predicted octanol–water partition coefficient (Wildman–Crippen LogP) is 3.90. The normalized spacial score (nSPS) is 11.3. The third-order valence-electron chi connectivity index (χ3n) is 4.76. The van der Waals surface area contributed by atoms with Crippen LogP contribution in [-0.2, 0) is 21.5 Å². The van der Waals surface area contributed by atoms with Crippen LogP contribution >= 0.6 is 15.9 Å². The molecule has 2 aromatic carbocycles. The van der Waals surface area contributed by atoms with Gasteiger partial charge in [0.15, 0.2) is 23.3 Å². The van der Waals surface area contributed by atoms with Crippen LogP contribution in [0.5, 0.6) is 0 Å². The zero-order chi connectivity index (χ0) is 26.6. The molecule has 0 spiro atoms. The van der Waals surface area contributed by atoms with Gasteiger partial charge in [0.05, 0.1) is 24.0 Å². The van der Waals surface area contributed by atoms with Gasteiger partial charge in [-0.3, -0.25) is 14.4 Å². The van der Waals surface area contributed by atoms with E-state index in [2.05, 4.69) is 31.1 Å². The molecule has 0 aliphatic carbocycles. The molecule has 0 aliphatic rings. The highest BCUT2D eigenvalue weighted by molar-refractivity contribution is 9.10. The van der Waals surface area contributed by atoms with Gasteiger partial charge >= 0.3 is 0 Å². The summed E-state index contributed by atoms with van der Waals surface area (Å²) >= 11 is 3.08. The number of benzene rings is 2. The van der Waals surface area contributed by atoms with Crippen molar-refractivity contribution in [2.24, 2.45) is 0 Å². The van der Waals surface area contributed by atoms with Crippen molar-refractivity contribution in [3.05, 3.63) is 81.0 Å². The number of aromatic nitrogens is 1. The lowest BCUT2D eigenvalue weighted by Gasteiger charge is -2.17. The summed E-state index contributed by atoms with van der Waals surface area (Å²) in [5, 5.41) is 2.37. The first-order valence-electron chi connectivity index (χ1n) is 9.88. The van der Waals surface area contributed by atoms with E-state index in [1.165, 1.54) is 12.1 Å². The van der Waals surface area contributed by atoms with Crippen LogP contribution in [0.4, 0.5) is 34.8 Å². The Morgan fingerprint density at radius 3 is 2.42 bits per heavy atom. The molecular weight excluding hydrogens is 574 g/mol. The summed E-state index contributed by atoms with van der Waals surface area (Å²) in [6.07, 6.45) is 0.469. The van der Waals surface area contributed by atoms with Crippen molar-refractivity contribution in [2.45, 2.75) is 6.42 Å². The van der Waals surface area contributed by atoms with Gasteiger partial charge in [0.2, 0.25) is 0 Å². The molecule has 1 amide bonds. The van der Waals surface area contributed by atoms with Crippen molar-refractivity contribution in [2.75, 3.05) is 24.2 Å². The van der Waals surface area contributed by atoms with Crippen molar-refractivity contribution >= 4 is 49.2 Å². The monoisotopic (exact) mass is 591 g/mol. The number of halogens is 5. The number of anilines is 3. The molecule has 3 rings (SSSR count). The second-order valence-corrected chi connectivity index (χ2v) is 9.62. The molecular formula is C21H18BrF4N5O4S. The summed E-state index contributed by atoms with van der Waals surface area (Å²) in [6, 6.07) is 5.81. The highest BCUT2D eigenvalue weighted by Gasteiger charge is 2.25. The second-order valence-electron chi connectivity index (χ2n) is 7.09. The van der Waals surface area contributed by atoms with Crippen molar-refractivity contribution in [3.8, 4) is 0 Å². The molecule has 0 aliphatic heterocycles. The van der Waals surface area contributed by atoms with E-state index in [1.54, 1.807) is 0 Å². The Morgan fingerprint density at radius 2 is 1.78 bits per heavy atom. The van der Waals surface area contributed by atoms with E-state index >= 15 is 8.78 Å². The van der Waals surface area contributed by atoms with Gasteiger partial charge in [-0.1, -0.05) is 15.9 Å². The van der Waals surface area contributed by atoms with E-state index in [-0.39, 0.29) is 11.3 Å². The molecule has 15 heteroatoms. The molecule has 0 unspecified atom stereocenters. The summed E-state index contributed by atoms with van der Waals surface area (Å²) in [5.74, 6) is -6.63. The van der Waals surface area contributed by atoms with Gasteiger partial charge in [-0.25, -0.2) is 32.7 Å². The van der Waals surface area contributed by atoms with Crippen LogP contribution in [0, 0.1) is 23.3 Å². The lowest BCUT2D eigenvalue weighted by atomic mass is 10.00. The minimum absolute atomic E-state index is 0.252. The summed E-state index contributed by atoms with van der Waals surface area (Å²) in [6.45, 7) is 0. The fourth-order valence-corrected chi connectivity index (χ4v) is 3.89. The maximum Gasteiger partial charge on any atom is 0.300 e. The molecule has 0 atom stereocenters. The highest BCUT2D eigenvalue weighted by Crippen LogP contribution is 2.32. The van der Waals surface area contributed by atoms with Crippen LogP contribution in [0.15, 0.2) is 41.0 Å². The van der Waals surface area contributed by atoms with Gasteiger partial charge in [-0.2, -0.15) is 8.42 Å². The first-order valence-corrected chi connectivity index (χ1v) is 12.2. The maximum atomic E-state index is 15.2. The number of hydroxylamine groups is 1. The predicted molar refractivity (Wildman–Crippen MR) is 127 cm³/mol. The molecule has 192 valence electrons. The lowest BCUT2D eigenvalue weighted by molar-refractivity contribution is 0.0538. The van der Waals surface area contributed by atoms with Gasteiger partial charge < -0.3 is 5.32 Å². The quantitative estimate of drug-likeness (QED) is 0.221. The number of pyridine rings is 1. The van der Waals surface area contributed by atoms with E-state index in [4.69, 9.17) is 0 Å². The second kappa shape index (κ2) is 11.2. The largest absolute Gasteiger partial charge is 0.350 e. The van der Waals surface area contributed by atoms with Crippen molar-refractivity contribution in [1.82, 2.24) is 15.2 Å². The molecule has 9 nitrogen and oxygen atoms in total. The molecule has 1 aromatic heterocycles. The Hall–Kier alpha value is -3.27. The first kappa shape index (κ1) is 27.3. The zero-order valence-corrected chi connectivity index (χ0v) is 21.0. The van der Waals surface area contributed by atoms with Gasteiger partial charge in [0, 0.05) is 24.1 Å². The molecule has 4 N–H and O–H groups in total. The lowest BCUT2D eigenvalue weighted by Crippen LogP contribution is -2.27. The van der Waals surface area contributed by atoms with Crippen LogP contribution < -0.4 is 20.2 Å². The minimum atomic E-state index is -4.11. The van der Waals surface area contributed by atoms with Gasteiger partial charge in [0.1, 0.15) is 5.82 Å². The molecule has 36 heavy (non-hydrogen) atoms. The van der Waals surface area contributed by atoms with Crippen molar-refractivity contribution in [3.63, 3.8) is 0 Å².